The number of aromatic nitrogens is 2. The first-order chi connectivity index (χ1) is 18.5. The summed E-state index contributed by atoms with van der Waals surface area (Å²) in [7, 11) is -3.94. The van der Waals surface area contributed by atoms with E-state index in [1.54, 1.807) is 53.9 Å². The molecule has 3 heterocycles. The molecule has 13 heteroatoms. The molecular formula is C26H26Cl2N4O5S2. The number of carbonyl (C=O) groups is 1. The van der Waals surface area contributed by atoms with Crippen LogP contribution < -0.4 is 5.43 Å². The van der Waals surface area contributed by atoms with Crippen LogP contribution in [-0.4, -0.2) is 51.6 Å². The number of thiophene rings is 1. The number of phenolic OH excluding ortho intramolecular Hbond substituents is 1. The van der Waals surface area contributed by atoms with Crippen molar-refractivity contribution in [3.05, 3.63) is 81.4 Å². The third-order valence-corrected chi connectivity index (χ3v) is 8.74. The van der Waals surface area contributed by atoms with Gasteiger partial charge in [-0.15, -0.1) is 11.3 Å². The number of aromatic hydroxyl groups is 1. The SMILES string of the molecule is Cc1c(C(=O)NN2CCCCC2)nc(-c2ccc(Cl)cc2Cl)n1-c1ccc(O)cc1.O=S(=O)(O)c1cccs1. The quantitative estimate of drug-likeness (QED) is 0.238. The van der Waals surface area contributed by atoms with Crippen LogP contribution in [0.1, 0.15) is 35.4 Å². The summed E-state index contributed by atoms with van der Waals surface area (Å²) in [5.41, 5.74) is 5.40. The highest BCUT2D eigenvalue weighted by Crippen LogP contribution is 2.33. The lowest BCUT2D eigenvalue weighted by molar-refractivity contribution is 0.0744. The molecule has 3 N–H and O–H groups in total. The van der Waals surface area contributed by atoms with E-state index in [-0.39, 0.29) is 15.9 Å². The Morgan fingerprint density at radius 2 is 1.74 bits per heavy atom. The number of hydrogen-bond donors (Lipinski definition) is 3. The Bertz CT molecular complexity index is 1550. The molecule has 0 spiro atoms. The molecule has 2 aromatic heterocycles. The van der Waals surface area contributed by atoms with Gasteiger partial charge in [0, 0.05) is 29.4 Å². The molecule has 1 amide bonds. The molecule has 1 aliphatic rings. The second-order valence-corrected chi connectivity index (χ2v) is 12.2. The van der Waals surface area contributed by atoms with Crippen LogP contribution in [0.15, 0.2) is 64.2 Å². The first-order valence-electron chi connectivity index (χ1n) is 12.0. The van der Waals surface area contributed by atoms with Gasteiger partial charge < -0.3 is 5.11 Å². The zero-order valence-electron chi connectivity index (χ0n) is 20.8. The molecule has 5 rings (SSSR count). The van der Waals surface area contributed by atoms with Crippen molar-refractivity contribution < 1.29 is 22.9 Å². The van der Waals surface area contributed by atoms with Gasteiger partial charge in [0.1, 0.15) is 15.8 Å². The minimum Gasteiger partial charge on any atom is -0.508 e. The number of phenols is 1. The molecule has 9 nitrogen and oxygen atoms in total. The van der Waals surface area contributed by atoms with Gasteiger partial charge in [-0.05, 0) is 73.7 Å². The summed E-state index contributed by atoms with van der Waals surface area (Å²) in [6.07, 6.45) is 3.31. The minimum absolute atomic E-state index is 0.0116. The van der Waals surface area contributed by atoms with Gasteiger partial charge in [-0.2, -0.15) is 8.42 Å². The summed E-state index contributed by atoms with van der Waals surface area (Å²) in [4.78, 5) is 17.7. The van der Waals surface area contributed by atoms with E-state index in [1.165, 1.54) is 12.5 Å². The van der Waals surface area contributed by atoms with Crippen molar-refractivity contribution in [1.82, 2.24) is 20.0 Å². The highest BCUT2D eigenvalue weighted by molar-refractivity contribution is 7.88. The van der Waals surface area contributed by atoms with E-state index in [1.807, 2.05) is 16.5 Å². The molecule has 0 unspecified atom stereocenters. The van der Waals surface area contributed by atoms with Gasteiger partial charge in [-0.1, -0.05) is 35.7 Å². The molecule has 0 atom stereocenters. The zero-order chi connectivity index (χ0) is 28.2. The summed E-state index contributed by atoms with van der Waals surface area (Å²) >= 11 is 13.5. The summed E-state index contributed by atoms with van der Waals surface area (Å²) in [6.45, 7) is 3.51. The summed E-state index contributed by atoms with van der Waals surface area (Å²) in [5, 5.41) is 14.2. The number of piperidine rings is 1. The molecule has 0 saturated carbocycles. The maximum absolute atomic E-state index is 13.0. The van der Waals surface area contributed by atoms with Gasteiger partial charge in [0.15, 0.2) is 5.69 Å². The summed E-state index contributed by atoms with van der Waals surface area (Å²) in [6, 6.07) is 14.8. The molecule has 1 saturated heterocycles. The van der Waals surface area contributed by atoms with Gasteiger partial charge in [0.2, 0.25) is 0 Å². The first kappa shape index (κ1) is 29.1. The van der Waals surface area contributed by atoms with E-state index in [0.717, 1.165) is 43.0 Å². The van der Waals surface area contributed by atoms with E-state index in [4.69, 9.17) is 27.8 Å². The number of hydrazine groups is 1. The van der Waals surface area contributed by atoms with Crippen LogP contribution in [0.3, 0.4) is 0 Å². The van der Waals surface area contributed by atoms with E-state index in [2.05, 4.69) is 10.4 Å². The average Bonchev–Trinajstić information content (AvgIpc) is 3.55. The molecule has 4 aromatic rings. The van der Waals surface area contributed by atoms with Crippen LogP contribution in [0.2, 0.25) is 10.0 Å². The number of amides is 1. The third-order valence-electron chi connectivity index (χ3n) is 5.97. The molecule has 1 aliphatic heterocycles. The fourth-order valence-electron chi connectivity index (χ4n) is 4.10. The number of hydrogen-bond acceptors (Lipinski definition) is 7. The van der Waals surface area contributed by atoms with Crippen LogP contribution in [0.25, 0.3) is 17.1 Å². The molecule has 206 valence electrons. The Morgan fingerprint density at radius 3 is 2.31 bits per heavy atom. The molecular weight excluding hydrogens is 583 g/mol. The standard InChI is InChI=1S/C22H22Cl2N4O2.C4H4O3S2/c1-14-20(22(30)26-27-11-3-2-4-12-27)25-21(18-10-5-15(23)13-19(18)24)28(14)16-6-8-17(29)9-7-16;5-9(6,7)4-2-1-3-8-4/h5-10,13,29H,2-4,11-12H2,1H3,(H,26,30);1-3H,(H,5,6,7). The van der Waals surface area contributed by atoms with Gasteiger partial charge in [0.05, 0.1) is 10.7 Å². The largest absolute Gasteiger partial charge is 0.508 e. The second-order valence-electron chi connectivity index (χ2n) is 8.74. The molecule has 0 aliphatic carbocycles. The number of nitrogens with zero attached hydrogens (tertiary/aromatic N) is 3. The van der Waals surface area contributed by atoms with Gasteiger partial charge in [0.25, 0.3) is 5.91 Å². The van der Waals surface area contributed by atoms with Crippen LogP contribution in [0.4, 0.5) is 0 Å². The van der Waals surface area contributed by atoms with Crippen LogP contribution in [-0.2, 0) is 10.1 Å². The van der Waals surface area contributed by atoms with E-state index in [9.17, 15) is 18.3 Å². The lowest BCUT2D eigenvalue weighted by atomic mass is 10.2. The van der Waals surface area contributed by atoms with Crippen molar-refractivity contribution in [3.8, 4) is 22.8 Å². The lowest BCUT2D eigenvalue weighted by Crippen LogP contribution is -2.45. The van der Waals surface area contributed by atoms with Gasteiger partial charge in [-0.25, -0.2) is 9.99 Å². The number of halogens is 2. The summed E-state index contributed by atoms with van der Waals surface area (Å²) in [5.74, 6) is 0.438. The number of rotatable bonds is 5. The van der Waals surface area contributed by atoms with Crippen LogP contribution >= 0.6 is 34.5 Å². The van der Waals surface area contributed by atoms with Crippen LogP contribution in [0.5, 0.6) is 5.75 Å². The predicted molar refractivity (Wildman–Crippen MR) is 152 cm³/mol. The van der Waals surface area contributed by atoms with Crippen molar-refractivity contribution in [2.24, 2.45) is 0 Å². The van der Waals surface area contributed by atoms with Gasteiger partial charge >= 0.3 is 10.1 Å². The topological polar surface area (TPSA) is 125 Å². The Kier molecular flexibility index (Phi) is 9.31. The average molecular weight is 610 g/mol. The van der Waals surface area contributed by atoms with Crippen molar-refractivity contribution in [3.63, 3.8) is 0 Å². The normalized spacial score (nSPS) is 13.9. The molecule has 0 bridgehead atoms. The van der Waals surface area contributed by atoms with Crippen LogP contribution in [0, 0.1) is 6.92 Å². The predicted octanol–water partition coefficient (Wildman–Crippen LogP) is 5.99. The Balaban J connectivity index is 0.000000333. The highest BCUT2D eigenvalue weighted by atomic mass is 35.5. The molecule has 1 fully saturated rings. The monoisotopic (exact) mass is 608 g/mol. The van der Waals surface area contributed by atoms with E-state index >= 15 is 0 Å². The van der Waals surface area contributed by atoms with Crippen molar-refractivity contribution in [2.45, 2.75) is 30.4 Å². The number of imidazole rings is 1. The molecule has 39 heavy (non-hydrogen) atoms. The van der Waals surface area contributed by atoms with E-state index < -0.39 is 10.1 Å². The fourth-order valence-corrected chi connectivity index (χ4v) is 5.94. The Hall–Kier alpha value is -2.93. The third kappa shape index (κ3) is 7.18. The van der Waals surface area contributed by atoms with Crippen molar-refractivity contribution in [2.75, 3.05) is 13.1 Å². The Morgan fingerprint density at radius 1 is 1.05 bits per heavy atom. The maximum atomic E-state index is 13.0. The number of carbonyl (C=O) groups excluding carboxylic acids is 1. The fraction of sp³-hybridized carbons (Fsp3) is 0.231. The maximum Gasteiger partial charge on any atom is 0.304 e. The smallest absolute Gasteiger partial charge is 0.304 e. The number of nitrogens with one attached hydrogen (secondary N) is 1. The second kappa shape index (κ2) is 12.5. The van der Waals surface area contributed by atoms with E-state index in [0.29, 0.717) is 32.8 Å². The lowest BCUT2D eigenvalue weighted by Gasteiger charge is -2.26. The van der Waals surface area contributed by atoms with Gasteiger partial charge in [-0.3, -0.25) is 19.3 Å². The zero-order valence-corrected chi connectivity index (χ0v) is 24.0. The molecule has 2 aromatic carbocycles. The summed E-state index contributed by atoms with van der Waals surface area (Å²) < 4.78 is 30.7. The molecule has 0 radical (unpaired) electrons. The first-order valence-corrected chi connectivity index (χ1v) is 15.0. The highest BCUT2D eigenvalue weighted by Gasteiger charge is 2.24. The minimum atomic E-state index is -3.94. The van der Waals surface area contributed by atoms with Crippen molar-refractivity contribution >= 4 is 50.6 Å². The number of benzene rings is 2. The Labute approximate surface area is 240 Å². The van der Waals surface area contributed by atoms with Crippen molar-refractivity contribution in [1.29, 1.82) is 0 Å².